The first kappa shape index (κ1) is 26.1. The molecule has 0 spiro atoms. The van der Waals surface area contributed by atoms with Crippen molar-refractivity contribution >= 4 is 0 Å². The average molecular weight is 427 g/mol. The van der Waals surface area contributed by atoms with Crippen molar-refractivity contribution in [1.29, 1.82) is 0 Å². The lowest BCUT2D eigenvalue weighted by molar-refractivity contribution is -0.0309. The summed E-state index contributed by atoms with van der Waals surface area (Å²) in [5, 5.41) is 0. The van der Waals surface area contributed by atoms with Crippen molar-refractivity contribution in [3.05, 3.63) is 0 Å². The third-order valence-corrected chi connectivity index (χ3v) is 9.04. The van der Waals surface area contributed by atoms with Gasteiger partial charge in [-0.3, -0.25) is 0 Å². The van der Waals surface area contributed by atoms with Crippen molar-refractivity contribution in [2.75, 3.05) is 0 Å². The van der Waals surface area contributed by atoms with Crippen molar-refractivity contribution in [2.24, 2.45) is 47.3 Å². The Morgan fingerprint density at radius 1 is 0.633 bits per heavy atom. The molecule has 2 heteroatoms. The second-order valence-electron chi connectivity index (χ2n) is 11.4. The molecular formula is C28H52F2. The molecule has 5 atom stereocenters. The molecule has 3 aliphatic carbocycles. The molecule has 0 saturated heterocycles. The Hall–Kier alpha value is -0.140. The summed E-state index contributed by atoms with van der Waals surface area (Å²) in [6.45, 7) is 13.0. The van der Waals surface area contributed by atoms with Crippen molar-refractivity contribution in [3.8, 4) is 0 Å². The van der Waals surface area contributed by atoms with Crippen molar-refractivity contribution in [3.63, 3.8) is 0 Å². The van der Waals surface area contributed by atoms with Crippen LogP contribution in [0.15, 0.2) is 0 Å². The smallest absolute Gasteiger partial charge is 0.134 e. The summed E-state index contributed by atoms with van der Waals surface area (Å²) < 4.78 is 30.2. The van der Waals surface area contributed by atoms with E-state index in [-0.39, 0.29) is 11.8 Å². The molecule has 0 N–H and O–H groups in total. The SMILES string of the molecule is CC.CC(C)CCC(C)C1CCC(C2CCC(C3CCC(C)CC3)CC2)C(F)C1F. The third-order valence-electron chi connectivity index (χ3n) is 9.04. The minimum atomic E-state index is -1.22. The molecule has 0 aromatic carbocycles. The van der Waals surface area contributed by atoms with E-state index in [2.05, 4.69) is 27.7 Å². The first-order valence-electron chi connectivity index (χ1n) is 13.6. The Balaban J connectivity index is 0.00000155. The number of hydrogen-bond acceptors (Lipinski definition) is 0. The molecule has 3 fully saturated rings. The fraction of sp³-hybridized carbons (Fsp3) is 1.00. The van der Waals surface area contributed by atoms with Crippen LogP contribution in [0.25, 0.3) is 0 Å². The van der Waals surface area contributed by atoms with E-state index in [0.717, 1.165) is 56.3 Å². The molecule has 0 heterocycles. The van der Waals surface area contributed by atoms with Crippen LogP contribution in [0.2, 0.25) is 0 Å². The van der Waals surface area contributed by atoms with Gasteiger partial charge in [-0.05, 0) is 98.7 Å². The van der Waals surface area contributed by atoms with Gasteiger partial charge >= 0.3 is 0 Å². The summed E-state index contributed by atoms with van der Waals surface area (Å²) in [5.74, 6) is 4.07. The molecular weight excluding hydrogens is 374 g/mol. The van der Waals surface area contributed by atoms with Gasteiger partial charge in [0.05, 0.1) is 0 Å². The molecule has 0 aliphatic heterocycles. The predicted molar refractivity (Wildman–Crippen MR) is 127 cm³/mol. The van der Waals surface area contributed by atoms with Crippen molar-refractivity contribution in [1.82, 2.24) is 0 Å². The Morgan fingerprint density at radius 3 is 1.67 bits per heavy atom. The molecule has 5 unspecified atom stereocenters. The lowest BCUT2D eigenvalue weighted by Gasteiger charge is -2.44. The second-order valence-corrected chi connectivity index (χ2v) is 11.4. The summed E-state index contributed by atoms with van der Waals surface area (Å²) in [5.41, 5.74) is 0. The van der Waals surface area contributed by atoms with E-state index < -0.39 is 12.3 Å². The fourth-order valence-corrected chi connectivity index (χ4v) is 6.88. The summed E-state index contributed by atoms with van der Waals surface area (Å²) in [6.07, 6.45) is 12.1. The largest absolute Gasteiger partial charge is 0.244 e. The zero-order chi connectivity index (χ0) is 22.3. The average Bonchev–Trinajstić information content (AvgIpc) is 2.76. The molecule has 3 saturated carbocycles. The zero-order valence-corrected chi connectivity index (χ0v) is 21.0. The minimum absolute atomic E-state index is 0.00382. The molecule has 178 valence electrons. The second kappa shape index (κ2) is 12.8. The van der Waals surface area contributed by atoms with E-state index in [1.807, 2.05) is 13.8 Å². The van der Waals surface area contributed by atoms with Crippen LogP contribution < -0.4 is 0 Å². The van der Waals surface area contributed by atoms with E-state index in [1.165, 1.54) is 38.5 Å². The van der Waals surface area contributed by atoms with Gasteiger partial charge in [0, 0.05) is 0 Å². The quantitative estimate of drug-likeness (QED) is 0.397. The normalized spacial score (nSPS) is 41.1. The highest BCUT2D eigenvalue weighted by Crippen LogP contribution is 2.48. The van der Waals surface area contributed by atoms with Crippen LogP contribution in [-0.4, -0.2) is 12.3 Å². The molecule has 3 rings (SSSR count). The number of rotatable bonds is 6. The highest BCUT2D eigenvalue weighted by Gasteiger charge is 2.45. The van der Waals surface area contributed by atoms with E-state index in [1.54, 1.807) is 0 Å². The highest BCUT2D eigenvalue weighted by molar-refractivity contribution is 4.94. The first-order chi connectivity index (χ1) is 14.4. The van der Waals surface area contributed by atoms with E-state index in [9.17, 15) is 0 Å². The lowest BCUT2D eigenvalue weighted by atomic mass is 9.63. The predicted octanol–water partition coefficient (Wildman–Crippen LogP) is 9.42. The molecule has 0 aromatic heterocycles. The molecule has 0 nitrogen and oxygen atoms in total. The molecule has 0 aromatic rings. The molecule has 0 bridgehead atoms. The third kappa shape index (κ3) is 6.93. The van der Waals surface area contributed by atoms with Crippen LogP contribution in [0.1, 0.15) is 119 Å². The highest BCUT2D eigenvalue weighted by atomic mass is 19.2. The summed E-state index contributed by atoms with van der Waals surface area (Å²) in [6, 6.07) is 0. The van der Waals surface area contributed by atoms with Gasteiger partial charge in [0.15, 0.2) is 0 Å². The molecule has 30 heavy (non-hydrogen) atoms. The van der Waals surface area contributed by atoms with Gasteiger partial charge in [0.2, 0.25) is 0 Å². The number of alkyl halides is 2. The maximum atomic E-state index is 15.2. The van der Waals surface area contributed by atoms with Crippen LogP contribution in [0.5, 0.6) is 0 Å². The van der Waals surface area contributed by atoms with Gasteiger partial charge < -0.3 is 0 Å². The van der Waals surface area contributed by atoms with Crippen LogP contribution in [-0.2, 0) is 0 Å². The van der Waals surface area contributed by atoms with Gasteiger partial charge in [-0.2, -0.15) is 0 Å². The fourth-order valence-electron chi connectivity index (χ4n) is 6.88. The Morgan fingerprint density at radius 2 is 1.13 bits per heavy atom. The standard InChI is InChI=1S/C26H46F2.C2H6/c1-17(2)5-8-19(4)23-15-16-24(26(28)25(23)27)22-13-11-21(12-14-22)20-9-6-18(3)7-10-20;1-2/h17-26H,5-16H2,1-4H3;1-2H3. The Labute approximate surface area is 187 Å². The van der Waals surface area contributed by atoms with Crippen LogP contribution in [0, 0.1) is 47.3 Å². The lowest BCUT2D eigenvalue weighted by Crippen LogP contribution is -2.44. The number of hydrogen-bond donors (Lipinski definition) is 0. The van der Waals surface area contributed by atoms with Gasteiger partial charge in [-0.25, -0.2) is 8.78 Å². The van der Waals surface area contributed by atoms with Crippen molar-refractivity contribution < 1.29 is 8.78 Å². The zero-order valence-electron chi connectivity index (χ0n) is 21.0. The minimum Gasteiger partial charge on any atom is -0.244 e. The van der Waals surface area contributed by atoms with Crippen LogP contribution >= 0.6 is 0 Å². The van der Waals surface area contributed by atoms with Crippen LogP contribution in [0.3, 0.4) is 0 Å². The summed E-state index contributed by atoms with van der Waals surface area (Å²) in [7, 11) is 0. The number of halogens is 2. The van der Waals surface area contributed by atoms with Gasteiger partial charge in [0.25, 0.3) is 0 Å². The summed E-state index contributed by atoms with van der Waals surface area (Å²) >= 11 is 0. The Kier molecular flexibility index (Phi) is 11.1. The van der Waals surface area contributed by atoms with E-state index >= 15 is 8.78 Å². The Bertz CT molecular complexity index is 446. The van der Waals surface area contributed by atoms with E-state index in [0.29, 0.717) is 17.8 Å². The maximum absolute atomic E-state index is 15.2. The van der Waals surface area contributed by atoms with E-state index in [4.69, 9.17) is 0 Å². The summed E-state index contributed by atoms with van der Waals surface area (Å²) in [4.78, 5) is 0. The van der Waals surface area contributed by atoms with Crippen molar-refractivity contribution in [2.45, 2.75) is 131 Å². The van der Waals surface area contributed by atoms with Gasteiger partial charge in [0.1, 0.15) is 12.3 Å². The van der Waals surface area contributed by atoms with Gasteiger partial charge in [-0.15, -0.1) is 0 Å². The molecule has 0 radical (unpaired) electrons. The molecule has 3 aliphatic rings. The van der Waals surface area contributed by atoms with Crippen LogP contribution in [0.4, 0.5) is 8.78 Å². The van der Waals surface area contributed by atoms with Gasteiger partial charge in [-0.1, -0.05) is 67.2 Å². The maximum Gasteiger partial charge on any atom is 0.134 e. The first-order valence-corrected chi connectivity index (χ1v) is 13.6. The monoisotopic (exact) mass is 426 g/mol. The molecule has 0 amide bonds. The topological polar surface area (TPSA) is 0 Å².